The third kappa shape index (κ3) is 6.09. The van der Waals surface area contributed by atoms with Crippen molar-refractivity contribution in [2.75, 3.05) is 11.9 Å². The van der Waals surface area contributed by atoms with Crippen LogP contribution in [0.2, 0.25) is 0 Å². The highest BCUT2D eigenvalue weighted by atomic mass is 16.6. The number of fused-ring (bicyclic) bond motifs is 1. The second kappa shape index (κ2) is 11.7. The zero-order chi connectivity index (χ0) is 27.9. The van der Waals surface area contributed by atoms with E-state index in [4.69, 9.17) is 9.47 Å². The van der Waals surface area contributed by atoms with Gasteiger partial charge in [0.05, 0.1) is 17.1 Å². The topological polar surface area (TPSA) is 132 Å². The Morgan fingerprint density at radius 1 is 1.03 bits per heavy atom. The monoisotopic (exact) mass is 521 g/mol. The lowest BCUT2D eigenvalue weighted by Gasteiger charge is -2.12. The van der Waals surface area contributed by atoms with Gasteiger partial charge in [-0.05, 0) is 66.1 Å². The minimum Gasteiger partial charge on any atom is -0.490 e. The van der Waals surface area contributed by atoms with Crippen LogP contribution in [-0.4, -0.2) is 23.4 Å². The first-order valence-corrected chi connectivity index (χ1v) is 12.0. The van der Waals surface area contributed by atoms with Crippen LogP contribution in [0.25, 0.3) is 16.8 Å². The summed E-state index contributed by atoms with van der Waals surface area (Å²) in [5, 5.41) is 25.1. The second-order valence-electron chi connectivity index (χ2n) is 8.46. The standard InChI is InChI=1S/C30H23N3O6/c1-3-38-28-17-20(16-22(18-31)29(34)32-25-13-11-19(2)15-26(25)33(36)37)12-14-27(28)39-30(35)24-10-6-8-21-7-4-5-9-23(21)24/h4-17H,3H2,1-2H3,(H,32,34)/b22-16+. The number of nitro benzene ring substituents is 1. The largest absolute Gasteiger partial charge is 0.490 e. The van der Waals surface area contributed by atoms with Crippen molar-refractivity contribution in [3.8, 4) is 17.6 Å². The molecule has 0 saturated carbocycles. The maximum atomic E-state index is 13.0. The van der Waals surface area contributed by atoms with Gasteiger partial charge in [0.15, 0.2) is 11.5 Å². The number of hydrogen-bond donors (Lipinski definition) is 1. The molecule has 39 heavy (non-hydrogen) atoms. The summed E-state index contributed by atoms with van der Waals surface area (Å²) in [4.78, 5) is 36.6. The molecule has 0 aliphatic heterocycles. The lowest BCUT2D eigenvalue weighted by Crippen LogP contribution is -2.14. The summed E-state index contributed by atoms with van der Waals surface area (Å²) in [6.45, 7) is 3.73. The molecule has 0 aromatic heterocycles. The van der Waals surface area contributed by atoms with Gasteiger partial charge in [-0.3, -0.25) is 14.9 Å². The van der Waals surface area contributed by atoms with E-state index in [2.05, 4.69) is 5.32 Å². The molecule has 0 aliphatic carbocycles. The molecule has 0 saturated heterocycles. The Morgan fingerprint density at radius 2 is 1.79 bits per heavy atom. The predicted octanol–water partition coefficient (Wildman–Crippen LogP) is 6.22. The molecule has 4 rings (SSSR count). The summed E-state index contributed by atoms with van der Waals surface area (Å²) in [5.74, 6) is -0.960. The van der Waals surface area contributed by atoms with Gasteiger partial charge in [0.2, 0.25) is 0 Å². The van der Waals surface area contributed by atoms with Gasteiger partial charge in [-0.15, -0.1) is 0 Å². The van der Waals surface area contributed by atoms with Crippen LogP contribution < -0.4 is 14.8 Å². The SMILES string of the molecule is CCOc1cc(/C=C(\C#N)C(=O)Nc2ccc(C)cc2[N+](=O)[O-])ccc1OC(=O)c1cccc2ccccc12. The highest BCUT2D eigenvalue weighted by Gasteiger charge is 2.19. The maximum absolute atomic E-state index is 13.0. The summed E-state index contributed by atoms with van der Waals surface area (Å²) in [7, 11) is 0. The normalized spacial score (nSPS) is 10.9. The molecule has 1 amide bonds. The molecule has 4 aromatic carbocycles. The molecule has 9 heteroatoms. The van der Waals surface area contributed by atoms with Gasteiger partial charge in [0, 0.05) is 6.07 Å². The molecule has 9 nitrogen and oxygen atoms in total. The number of hydrogen-bond acceptors (Lipinski definition) is 7. The summed E-state index contributed by atoms with van der Waals surface area (Å²) in [5.41, 5.74) is 0.883. The summed E-state index contributed by atoms with van der Waals surface area (Å²) in [6, 6.07) is 23.6. The molecule has 4 aromatic rings. The zero-order valence-electron chi connectivity index (χ0n) is 21.1. The minimum absolute atomic E-state index is 0.0255. The molecule has 0 unspecified atom stereocenters. The van der Waals surface area contributed by atoms with Crippen LogP contribution >= 0.6 is 0 Å². The number of carbonyl (C=O) groups excluding carboxylic acids is 2. The summed E-state index contributed by atoms with van der Waals surface area (Å²) < 4.78 is 11.3. The molecule has 0 radical (unpaired) electrons. The number of rotatable bonds is 8. The van der Waals surface area contributed by atoms with Crippen LogP contribution in [0.4, 0.5) is 11.4 Å². The number of esters is 1. The van der Waals surface area contributed by atoms with Gasteiger partial charge >= 0.3 is 5.97 Å². The van der Waals surface area contributed by atoms with Gasteiger partial charge in [-0.25, -0.2) is 4.79 Å². The van der Waals surface area contributed by atoms with E-state index in [1.165, 1.54) is 30.3 Å². The Hall–Kier alpha value is -5.49. The van der Waals surface area contributed by atoms with Crippen LogP contribution in [0.5, 0.6) is 11.5 Å². The van der Waals surface area contributed by atoms with Crippen molar-refractivity contribution in [3.05, 3.63) is 111 Å². The van der Waals surface area contributed by atoms with Crippen molar-refractivity contribution in [3.63, 3.8) is 0 Å². The molecule has 0 bridgehead atoms. The molecule has 0 spiro atoms. The Morgan fingerprint density at radius 3 is 2.54 bits per heavy atom. The number of anilines is 1. The van der Waals surface area contributed by atoms with Crippen molar-refractivity contribution in [2.24, 2.45) is 0 Å². The quantitative estimate of drug-likeness (QED) is 0.0727. The Kier molecular flexibility index (Phi) is 7.98. The van der Waals surface area contributed by atoms with Gasteiger partial charge in [-0.2, -0.15) is 5.26 Å². The van der Waals surface area contributed by atoms with Gasteiger partial charge in [-0.1, -0.05) is 48.5 Å². The van der Waals surface area contributed by atoms with Crippen LogP contribution in [-0.2, 0) is 4.79 Å². The summed E-state index contributed by atoms with van der Waals surface area (Å²) in [6.07, 6.45) is 1.31. The van der Waals surface area contributed by atoms with E-state index in [0.717, 1.165) is 10.8 Å². The average molecular weight is 522 g/mol. The van der Waals surface area contributed by atoms with E-state index in [-0.39, 0.29) is 35.1 Å². The highest BCUT2D eigenvalue weighted by molar-refractivity contribution is 6.10. The van der Waals surface area contributed by atoms with E-state index >= 15 is 0 Å². The van der Waals surface area contributed by atoms with Gasteiger partial charge < -0.3 is 14.8 Å². The number of nitro groups is 1. The zero-order valence-corrected chi connectivity index (χ0v) is 21.1. The van der Waals surface area contributed by atoms with Gasteiger partial charge in [0.25, 0.3) is 11.6 Å². The van der Waals surface area contributed by atoms with Crippen LogP contribution in [0.1, 0.15) is 28.4 Å². The number of nitrogens with one attached hydrogen (secondary N) is 1. The molecule has 0 aliphatic rings. The molecule has 0 heterocycles. The van der Waals surface area contributed by atoms with Crippen LogP contribution in [0.15, 0.2) is 84.4 Å². The molecular weight excluding hydrogens is 498 g/mol. The van der Waals surface area contributed by atoms with Gasteiger partial charge in [0.1, 0.15) is 17.3 Å². The van der Waals surface area contributed by atoms with E-state index in [1.807, 2.05) is 36.4 Å². The molecular formula is C30H23N3O6. The Labute approximate surface area is 224 Å². The number of benzene rings is 4. The van der Waals surface area contributed by atoms with Crippen molar-refractivity contribution in [1.29, 1.82) is 5.26 Å². The fraction of sp³-hybridized carbons (Fsp3) is 0.100. The van der Waals surface area contributed by atoms with Crippen molar-refractivity contribution in [2.45, 2.75) is 13.8 Å². The van der Waals surface area contributed by atoms with Crippen molar-refractivity contribution >= 4 is 40.1 Å². The van der Waals surface area contributed by atoms with E-state index in [1.54, 1.807) is 38.1 Å². The van der Waals surface area contributed by atoms with E-state index < -0.39 is 16.8 Å². The minimum atomic E-state index is -0.811. The third-order valence-corrected chi connectivity index (χ3v) is 5.75. The number of aryl methyl sites for hydroxylation is 1. The first-order chi connectivity index (χ1) is 18.8. The predicted molar refractivity (Wildman–Crippen MR) is 147 cm³/mol. The fourth-order valence-corrected chi connectivity index (χ4v) is 3.93. The Bertz CT molecular complexity index is 1660. The molecule has 0 atom stereocenters. The van der Waals surface area contributed by atoms with Crippen molar-refractivity contribution < 1.29 is 24.0 Å². The van der Waals surface area contributed by atoms with E-state index in [9.17, 15) is 25.0 Å². The maximum Gasteiger partial charge on any atom is 0.344 e. The Balaban J connectivity index is 1.60. The second-order valence-corrected chi connectivity index (χ2v) is 8.46. The number of nitrogens with zero attached hydrogens (tertiary/aromatic N) is 2. The first kappa shape index (κ1) is 26.6. The fourth-order valence-electron chi connectivity index (χ4n) is 3.93. The summed E-state index contributed by atoms with van der Waals surface area (Å²) >= 11 is 0. The third-order valence-electron chi connectivity index (χ3n) is 5.75. The average Bonchev–Trinajstić information content (AvgIpc) is 2.93. The molecule has 0 fully saturated rings. The lowest BCUT2D eigenvalue weighted by atomic mass is 10.0. The van der Waals surface area contributed by atoms with E-state index in [0.29, 0.717) is 16.7 Å². The van der Waals surface area contributed by atoms with Crippen LogP contribution in [0.3, 0.4) is 0 Å². The number of ether oxygens (including phenoxy) is 2. The smallest absolute Gasteiger partial charge is 0.344 e. The molecule has 1 N–H and O–H groups in total. The highest BCUT2D eigenvalue weighted by Crippen LogP contribution is 2.31. The number of carbonyl (C=O) groups is 2. The van der Waals surface area contributed by atoms with Crippen molar-refractivity contribution in [1.82, 2.24) is 0 Å². The number of nitriles is 1. The number of amides is 1. The first-order valence-electron chi connectivity index (χ1n) is 12.0. The molecule has 194 valence electrons. The van der Waals surface area contributed by atoms with Crippen LogP contribution in [0, 0.1) is 28.4 Å². The lowest BCUT2D eigenvalue weighted by molar-refractivity contribution is -0.384.